The van der Waals surface area contributed by atoms with E-state index in [-0.39, 0.29) is 30.1 Å². The van der Waals surface area contributed by atoms with Gasteiger partial charge in [0.2, 0.25) is 17.6 Å². The maximum Gasteiger partial charge on any atom is 0.407 e. The number of esters is 1. The summed E-state index contributed by atoms with van der Waals surface area (Å²) in [6.07, 6.45) is 2.66. The number of hydrogen-bond acceptors (Lipinski definition) is 9. The molecular formula is C38H45N7O6. The van der Waals surface area contributed by atoms with E-state index < -0.39 is 23.7 Å². The van der Waals surface area contributed by atoms with E-state index in [1.165, 1.54) is 7.11 Å². The first-order valence-corrected chi connectivity index (χ1v) is 17.1. The van der Waals surface area contributed by atoms with Crippen molar-refractivity contribution in [3.05, 3.63) is 83.4 Å². The second kappa shape index (κ2) is 16.4. The summed E-state index contributed by atoms with van der Waals surface area (Å²) in [5.74, 6) is -0.507. The average Bonchev–Trinajstić information content (AvgIpc) is 3.66. The van der Waals surface area contributed by atoms with Crippen molar-refractivity contribution < 1.29 is 28.7 Å². The smallest absolute Gasteiger partial charge is 0.407 e. The highest BCUT2D eigenvalue weighted by atomic mass is 16.6. The Labute approximate surface area is 297 Å². The number of aromatic amines is 1. The lowest BCUT2D eigenvalue weighted by Gasteiger charge is -2.29. The number of amides is 3. The number of methoxy groups -OCH3 is 1. The number of ether oxygens (including phenoxy) is 2. The fourth-order valence-corrected chi connectivity index (χ4v) is 6.12. The van der Waals surface area contributed by atoms with E-state index in [0.717, 1.165) is 40.7 Å². The number of nitrogens with zero attached hydrogens (tertiary/aromatic N) is 3. The van der Waals surface area contributed by atoms with Gasteiger partial charge in [0, 0.05) is 30.1 Å². The quantitative estimate of drug-likeness (QED) is 0.145. The number of nitrogens with one attached hydrogen (secondary N) is 4. The Kier molecular flexibility index (Phi) is 11.8. The molecule has 5 rings (SSSR count). The first-order chi connectivity index (χ1) is 24.4. The van der Waals surface area contributed by atoms with Crippen molar-refractivity contribution in [1.29, 1.82) is 0 Å². The third-order valence-corrected chi connectivity index (χ3v) is 8.90. The predicted molar refractivity (Wildman–Crippen MR) is 192 cm³/mol. The van der Waals surface area contributed by atoms with Crippen LogP contribution in [0.5, 0.6) is 0 Å². The summed E-state index contributed by atoms with van der Waals surface area (Å²) >= 11 is 0. The molecule has 0 spiro atoms. The van der Waals surface area contributed by atoms with E-state index in [1.54, 1.807) is 36.4 Å². The van der Waals surface area contributed by atoms with Crippen LogP contribution in [0.15, 0.2) is 66.7 Å². The highest BCUT2D eigenvalue weighted by molar-refractivity contribution is 5.98. The van der Waals surface area contributed by atoms with Crippen LogP contribution in [0.2, 0.25) is 0 Å². The van der Waals surface area contributed by atoms with Gasteiger partial charge in [0.15, 0.2) is 0 Å². The number of rotatable bonds is 11. The lowest BCUT2D eigenvalue weighted by Crippen LogP contribution is -2.48. The van der Waals surface area contributed by atoms with E-state index >= 15 is 0 Å². The summed E-state index contributed by atoms with van der Waals surface area (Å²) < 4.78 is 10.2. The maximum absolute atomic E-state index is 13.8. The van der Waals surface area contributed by atoms with Crippen molar-refractivity contribution in [2.45, 2.75) is 71.4 Å². The summed E-state index contributed by atoms with van der Waals surface area (Å²) in [5, 5.41) is 22.8. The van der Waals surface area contributed by atoms with Crippen molar-refractivity contribution in [2.75, 3.05) is 19.0 Å². The molecule has 13 heteroatoms. The van der Waals surface area contributed by atoms with Gasteiger partial charge in [0.1, 0.15) is 11.6 Å². The molecule has 1 aliphatic carbocycles. The number of hydrogen-bond donors (Lipinski definition) is 4. The van der Waals surface area contributed by atoms with Crippen LogP contribution < -0.4 is 16.0 Å². The molecule has 51 heavy (non-hydrogen) atoms. The van der Waals surface area contributed by atoms with Crippen LogP contribution in [0, 0.1) is 18.8 Å². The third kappa shape index (κ3) is 10.2. The number of tetrazole rings is 1. The highest BCUT2D eigenvalue weighted by Gasteiger charge is 2.30. The molecule has 1 saturated carbocycles. The lowest BCUT2D eigenvalue weighted by molar-refractivity contribution is -0.130. The van der Waals surface area contributed by atoms with Gasteiger partial charge in [0.25, 0.3) is 0 Å². The van der Waals surface area contributed by atoms with Crippen LogP contribution in [0.1, 0.15) is 67.9 Å². The van der Waals surface area contributed by atoms with Gasteiger partial charge in [-0.3, -0.25) is 9.59 Å². The highest BCUT2D eigenvalue weighted by Crippen LogP contribution is 2.30. The minimum atomic E-state index is -0.851. The Morgan fingerprint density at radius 2 is 1.61 bits per heavy atom. The van der Waals surface area contributed by atoms with Crippen LogP contribution in [-0.4, -0.2) is 69.8 Å². The SMILES string of the molecule is COC(=O)c1ccc(C)c(-c2ccc(CC(NC(=O)C3CCC(CNC(=O)OC(C)(C)C)CC3)C(=O)Nc3ccc(-c4nn[nH]n4)cc3)cc2)c1. The first-order valence-electron chi connectivity index (χ1n) is 17.1. The third-order valence-electron chi connectivity index (χ3n) is 8.90. The van der Waals surface area contributed by atoms with Gasteiger partial charge in [-0.05, 0) is 123 Å². The Morgan fingerprint density at radius 1 is 0.922 bits per heavy atom. The monoisotopic (exact) mass is 695 g/mol. The molecule has 0 aliphatic heterocycles. The topological polar surface area (TPSA) is 177 Å². The van der Waals surface area contributed by atoms with Gasteiger partial charge in [-0.25, -0.2) is 9.59 Å². The molecule has 4 aromatic rings. The van der Waals surface area contributed by atoms with Gasteiger partial charge in [-0.15, -0.1) is 10.2 Å². The Bertz CT molecular complexity index is 1810. The normalized spacial score (nSPS) is 16.4. The lowest BCUT2D eigenvalue weighted by atomic mass is 9.81. The molecule has 1 fully saturated rings. The number of aromatic nitrogens is 4. The predicted octanol–water partition coefficient (Wildman–Crippen LogP) is 5.63. The fourth-order valence-electron chi connectivity index (χ4n) is 6.12. The zero-order valence-corrected chi connectivity index (χ0v) is 29.6. The Morgan fingerprint density at radius 3 is 2.24 bits per heavy atom. The number of alkyl carbamates (subject to hydrolysis) is 1. The van der Waals surface area contributed by atoms with Crippen molar-refractivity contribution in [1.82, 2.24) is 31.3 Å². The number of carbonyl (C=O) groups excluding carboxylic acids is 4. The van der Waals surface area contributed by atoms with Crippen LogP contribution in [0.4, 0.5) is 10.5 Å². The number of benzene rings is 3. The average molecular weight is 696 g/mol. The minimum absolute atomic E-state index is 0.173. The summed E-state index contributed by atoms with van der Waals surface area (Å²) in [6.45, 7) is 7.92. The molecule has 1 aliphatic rings. The van der Waals surface area contributed by atoms with Gasteiger partial charge in [-0.2, -0.15) is 5.21 Å². The zero-order valence-electron chi connectivity index (χ0n) is 29.6. The van der Waals surface area contributed by atoms with Crippen molar-refractivity contribution in [3.63, 3.8) is 0 Å². The molecule has 3 amide bonds. The number of anilines is 1. The summed E-state index contributed by atoms with van der Waals surface area (Å²) in [4.78, 5) is 51.6. The summed E-state index contributed by atoms with van der Waals surface area (Å²) in [6, 6.07) is 19.3. The van der Waals surface area contributed by atoms with Crippen molar-refractivity contribution in [2.24, 2.45) is 11.8 Å². The molecule has 4 N–H and O–H groups in total. The fraction of sp³-hybridized carbons (Fsp3) is 0.395. The summed E-state index contributed by atoms with van der Waals surface area (Å²) in [7, 11) is 1.35. The van der Waals surface area contributed by atoms with Crippen LogP contribution in [-0.2, 0) is 25.5 Å². The zero-order chi connectivity index (χ0) is 36.5. The molecule has 13 nitrogen and oxygen atoms in total. The van der Waals surface area contributed by atoms with E-state index in [4.69, 9.17) is 9.47 Å². The first kappa shape index (κ1) is 36.7. The van der Waals surface area contributed by atoms with Gasteiger partial charge in [-0.1, -0.05) is 30.3 Å². The molecule has 268 valence electrons. The molecule has 0 saturated heterocycles. The second-order valence-corrected chi connectivity index (χ2v) is 13.9. The summed E-state index contributed by atoms with van der Waals surface area (Å²) in [5.41, 5.74) is 4.84. The number of H-pyrrole nitrogens is 1. The van der Waals surface area contributed by atoms with Gasteiger partial charge in [0.05, 0.1) is 12.7 Å². The van der Waals surface area contributed by atoms with E-state index in [2.05, 4.69) is 36.6 Å². The molecule has 3 aromatic carbocycles. The van der Waals surface area contributed by atoms with E-state index in [0.29, 0.717) is 36.5 Å². The van der Waals surface area contributed by atoms with Gasteiger partial charge >= 0.3 is 12.1 Å². The molecule has 1 atom stereocenters. The minimum Gasteiger partial charge on any atom is -0.465 e. The molecular weight excluding hydrogens is 650 g/mol. The Balaban J connectivity index is 1.26. The maximum atomic E-state index is 13.8. The van der Waals surface area contributed by atoms with E-state index in [9.17, 15) is 19.2 Å². The molecule has 0 radical (unpaired) electrons. The molecule has 1 aromatic heterocycles. The molecule has 1 unspecified atom stereocenters. The van der Waals surface area contributed by atoms with Crippen molar-refractivity contribution in [3.8, 4) is 22.5 Å². The van der Waals surface area contributed by atoms with Crippen molar-refractivity contribution >= 4 is 29.6 Å². The van der Waals surface area contributed by atoms with Crippen LogP contribution in [0.25, 0.3) is 22.5 Å². The van der Waals surface area contributed by atoms with Crippen LogP contribution >= 0.6 is 0 Å². The Hall–Kier alpha value is -5.59. The number of aryl methyl sites for hydroxylation is 1. The molecule has 1 heterocycles. The second-order valence-electron chi connectivity index (χ2n) is 13.9. The van der Waals surface area contributed by atoms with E-state index in [1.807, 2.05) is 58.0 Å². The van der Waals surface area contributed by atoms with Gasteiger partial charge < -0.3 is 25.4 Å². The largest absolute Gasteiger partial charge is 0.465 e. The standard InChI is InChI=1S/C38H45N7O6/c1-23-6-11-29(36(48)50-5)21-31(23)26-12-7-24(8-13-26)20-32(35(47)40-30-18-16-27(17-19-30)33-42-44-45-43-33)41-34(46)28-14-9-25(10-15-28)22-39-37(49)51-38(2,3)4/h6-8,11-13,16-19,21,25,28,32H,9-10,14-15,20,22H2,1-5H3,(H,39,49)(H,40,47)(H,41,46)(H,42,43,44,45). The van der Waals surface area contributed by atoms with Crippen LogP contribution in [0.3, 0.4) is 0 Å². The molecule has 0 bridgehead atoms. The number of carbonyl (C=O) groups is 4.